The molecule has 0 saturated heterocycles. The number of nitrogens with one attached hydrogen (secondary N) is 1. The Balaban J connectivity index is 1.81. The quantitative estimate of drug-likeness (QED) is 0.350. The number of fused-ring (bicyclic) bond motifs is 1. The summed E-state index contributed by atoms with van der Waals surface area (Å²) in [7, 11) is -0.779. The molecule has 204 valence electrons. The number of rotatable bonds is 12. The van der Waals surface area contributed by atoms with Gasteiger partial charge in [-0.1, -0.05) is 29.8 Å². The standard InChI is InChI=1S/C27H33N3O7S/c1-16-7-9-18(10-8-16)23-22(25(31)28-2)21-14-20(17-11-12-17)24(29-26(21)37-23)30(38(4,34)35)13-5-6-19(15-36-3)27(32)33/h7-10,14,17,19H,5-6,11-13,15H2,1-4H3,(H,28,31)(H,32,33)/t19-/m1/s1. The van der Waals surface area contributed by atoms with Gasteiger partial charge in [-0.05, 0) is 50.2 Å². The molecule has 1 aromatic carbocycles. The van der Waals surface area contributed by atoms with Crippen LogP contribution in [0.25, 0.3) is 22.4 Å². The third-order valence-electron chi connectivity index (χ3n) is 6.74. The summed E-state index contributed by atoms with van der Waals surface area (Å²) in [6, 6.07) is 9.39. The fourth-order valence-electron chi connectivity index (χ4n) is 4.57. The second kappa shape index (κ2) is 11.1. The average Bonchev–Trinajstić information content (AvgIpc) is 3.64. The maximum atomic E-state index is 13.0. The summed E-state index contributed by atoms with van der Waals surface area (Å²) in [5.41, 5.74) is 3.01. The van der Waals surface area contributed by atoms with Crippen molar-refractivity contribution < 1.29 is 32.3 Å². The Bertz CT molecular complexity index is 1440. The molecule has 3 aromatic rings. The van der Waals surface area contributed by atoms with Crippen LogP contribution in [-0.2, 0) is 19.6 Å². The van der Waals surface area contributed by atoms with Crippen LogP contribution >= 0.6 is 0 Å². The molecule has 1 atom stereocenters. The van der Waals surface area contributed by atoms with Gasteiger partial charge >= 0.3 is 5.97 Å². The van der Waals surface area contributed by atoms with Gasteiger partial charge in [0.05, 0.1) is 29.7 Å². The van der Waals surface area contributed by atoms with Crippen LogP contribution in [0.5, 0.6) is 0 Å². The number of sulfonamides is 1. The number of amides is 1. The molecule has 38 heavy (non-hydrogen) atoms. The van der Waals surface area contributed by atoms with Crippen LogP contribution in [0.4, 0.5) is 5.82 Å². The predicted molar refractivity (Wildman–Crippen MR) is 144 cm³/mol. The number of furan rings is 1. The summed E-state index contributed by atoms with van der Waals surface area (Å²) in [5, 5.41) is 12.6. The maximum Gasteiger partial charge on any atom is 0.308 e. The number of hydrogen-bond acceptors (Lipinski definition) is 7. The summed E-state index contributed by atoms with van der Waals surface area (Å²) in [5.74, 6) is -1.32. The van der Waals surface area contributed by atoms with Gasteiger partial charge in [-0.15, -0.1) is 0 Å². The number of pyridine rings is 1. The van der Waals surface area contributed by atoms with E-state index in [0.29, 0.717) is 28.7 Å². The lowest BCUT2D eigenvalue weighted by Gasteiger charge is -2.24. The number of hydrogen-bond donors (Lipinski definition) is 2. The van der Waals surface area contributed by atoms with Crippen LogP contribution in [0.2, 0.25) is 0 Å². The molecule has 1 amide bonds. The Hall–Kier alpha value is -3.44. The Morgan fingerprint density at radius 1 is 1.26 bits per heavy atom. The van der Waals surface area contributed by atoms with Crippen LogP contribution in [0, 0.1) is 12.8 Å². The largest absolute Gasteiger partial charge is 0.481 e. The molecule has 0 unspecified atom stereocenters. The summed E-state index contributed by atoms with van der Waals surface area (Å²) >= 11 is 0. The zero-order valence-corrected chi connectivity index (χ0v) is 22.8. The third kappa shape index (κ3) is 5.83. The zero-order chi connectivity index (χ0) is 27.6. The second-order valence-electron chi connectivity index (χ2n) is 9.75. The molecular weight excluding hydrogens is 510 g/mol. The SMILES string of the molecule is CNC(=O)c1c(-c2ccc(C)cc2)oc2nc(N(CCC[C@H](COC)C(=O)O)S(C)(=O)=O)c(C3CC3)cc12. The van der Waals surface area contributed by atoms with Crippen LogP contribution in [0.1, 0.15) is 53.1 Å². The van der Waals surface area contributed by atoms with Crippen molar-refractivity contribution in [1.29, 1.82) is 0 Å². The van der Waals surface area contributed by atoms with E-state index in [2.05, 4.69) is 10.3 Å². The van der Waals surface area contributed by atoms with E-state index in [9.17, 15) is 23.1 Å². The van der Waals surface area contributed by atoms with Gasteiger partial charge in [0.1, 0.15) is 11.6 Å². The van der Waals surface area contributed by atoms with Crippen molar-refractivity contribution in [2.24, 2.45) is 5.92 Å². The van der Waals surface area contributed by atoms with Gasteiger partial charge in [-0.3, -0.25) is 13.9 Å². The topological polar surface area (TPSA) is 139 Å². The van der Waals surface area contributed by atoms with Crippen molar-refractivity contribution >= 4 is 38.8 Å². The number of anilines is 1. The first kappa shape index (κ1) is 27.6. The van der Waals surface area contributed by atoms with Gasteiger partial charge in [0.25, 0.3) is 5.91 Å². The third-order valence-corrected chi connectivity index (χ3v) is 7.90. The molecular formula is C27H33N3O7S. The lowest BCUT2D eigenvalue weighted by Crippen LogP contribution is -2.33. The second-order valence-corrected chi connectivity index (χ2v) is 11.7. The number of carboxylic acid groups (broad SMARTS) is 1. The first-order valence-corrected chi connectivity index (χ1v) is 14.4. The van der Waals surface area contributed by atoms with Crippen molar-refractivity contribution in [3.05, 3.63) is 47.0 Å². The number of ether oxygens (including phenoxy) is 1. The van der Waals surface area contributed by atoms with Crippen molar-refractivity contribution in [2.45, 2.75) is 38.5 Å². The van der Waals surface area contributed by atoms with E-state index in [0.717, 1.165) is 30.2 Å². The summed E-state index contributed by atoms with van der Waals surface area (Å²) in [6.45, 7) is 2.06. The highest BCUT2D eigenvalue weighted by Gasteiger charge is 2.34. The number of nitrogens with zero attached hydrogens (tertiary/aromatic N) is 2. The fraction of sp³-hybridized carbons (Fsp3) is 0.444. The molecule has 4 rings (SSSR count). The first-order chi connectivity index (χ1) is 18.0. The normalized spacial score (nSPS) is 14.4. The van der Waals surface area contributed by atoms with E-state index in [1.54, 1.807) is 7.05 Å². The van der Waals surface area contributed by atoms with Crippen LogP contribution < -0.4 is 9.62 Å². The monoisotopic (exact) mass is 543 g/mol. The lowest BCUT2D eigenvalue weighted by atomic mass is 10.0. The molecule has 2 N–H and O–H groups in total. The van der Waals surface area contributed by atoms with Crippen LogP contribution in [-0.4, -0.2) is 63.9 Å². The van der Waals surface area contributed by atoms with Gasteiger partial charge < -0.3 is 19.6 Å². The number of carboxylic acids is 1. The number of carbonyl (C=O) groups is 2. The molecule has 0 aliphatic heterocycles. The maximum absolute atomic E-state index is 13.0. The number of benzene rings is 1. The van der Waals surface area contributed by atoms with Crippen LogP contribution in [0.3, 0.4) is 0 Å². The minimum Gasteiger partial charge on any atom is -0.481 e. The molecule has 1 fully saturated rings. The van der Waals surface area contributed by atoms with E-state index in [1.165, 1.54) is 11.4 Å². The molecule has 2 aromatic heterocycles. The summed E-state index contributed by atoms with van der Waals surface area (Å²) in [4.78, 5) is 29.2. The van der Waals surface area contributed by atoms with Crippen molar-refractivity contribution in [2.75, 3.05) is 37.9 Å². The van der Waals surface area contributed by atoms with E-state index in [1.807, 2.05) is 37.3 Å². The minimum atomic E-state index is -3.76. The molecule has 0 spiro atoms. The molecule has 11 heteroatoms. The van der Waals surface area contributed by atoms with Crippen molar-refractivity contribution in [3.8, 4) is 11.3 Å². The Labute approximate surface area is 222 Å². The lowest BCUT2D eigenvalue weighted by molar-refractivity contribution is -0.143. The van der Waals surface area contributed by atoms with E-state index in [4.69, 9.17) is 9.15 Å². The highest BCUT2D eigenvalue weighted by atomic mass is 32.2. The van der Waals surface area contributed by atoms with E-state index < -0.39 is 21.9 Å². The number of aryl methyl sites for hydroxylation is 1. The van der Waals surface area contributed by atoms with Gasteiger partial charge in [-0.2, -0.15) is 4.98 Å². The smallest absolute Gasteiger partial charge is 0.308 e. The highest BCUT2D eigenvalue weighted by Crippen LogP contribution is 2.46. The fourth-order valence-corrected chi connectivity index (χ4v) is 5.49. The number of methoxy groups -OCH3 is 1. The summed E-state index contributed by atoms with van der Waals surface area (Å²) in [6.07, 6.45) is 3.41. The number of aliphatic carboxylic acids is 1. The average molecular weight is 544 g/mol. The van der Waals surface area contributed by atoms with Crippen molar-refractivity contribution in [3.63, 3.8) is 0 Å². The molecule has 1 saturated carbocycles. The van der Waals surface area contributed by atoms with Crippen molar-refractivity contribution in [1.82, 2.24) is 10.3 Å². The van der Waals surface area contributed by atoms with Gasteiger partial charge in [0.15, 0.2) is 0 Å². The number of carbonyl (C=O) groups excluding carboxylic acids is 1. The molecule has 1 aliphatic rings. The first-order valence-electron chi connectivity index (χ1n) is 12.5. The molecule has 2 heterocycles. The number of aromatic nitrogens is 1. The van der Waals surface area contributed by atoms with E-state index >= 15 is 0 Å². The highest BCUT2D eigenvalue weighted by molar-refractivity contribution is 7.92. The molecule has 1 aliphatic carbocycles. The summed E-state index contributed by atoms with van der Waals surface area (Å²) < 4.78 is 38.2. The van der Waals surface area contributed by atoms with Gasteiger partial charge in [0.2, 0.25) is 15.7 Å². The Morgan fingerprint density at radius 3 is 2.50 bits per heavy atom. The zero-order valence-electron chi connectivity index (χ0n) is 22.0. The van der Waals surface area contributed by atoms with Gasteiger partial charge in [0, 0.05) is 26.3 Å². The Kier molecular flexibility index (Phi) is 8.08. The molecule has 10 nitrogen and oxygen atoms in total. The minimum absolute atomic E-state index is 0.0438. The van der Waals surface area contributed by atoms with Crippen LogP contribution in [0.15, 0.2) is 34.7 Å². The molecule has 0 bridgehead atoms. The van der Waals surface area contributed by atoms with E-state index in [-0.39, 0.29) is 42.9 Å². The predicted octanol–water partition coefficient (Wildman–Crippen LogP) is 3.93. The molecule has 0 radical (unpaired) electrons. The Morgan fingerprint density at radius 2 is 1.95 bits per heavy atom. The van der Waals surface area contributed by atoms with Gasteiger partial charge in [-0.25, -0.2) is 8.42 Å².